The molecule has 0 atom stereocenters. The van der Waals surface area contributed by atoms with Gasteiger partial charge in [0.2, 0.25) is 0 Å². The monoisotopic (exact) mass is 436 g/mol. The van der Waals surface area contributed by atoms with Gasteiger partial charge in [-0.3, -0.25) is 4.79 Å². The molecule has 0 amide bonds. The molecule has 0 aliphatic carbocycles. The first-order chi connectivity index (χ1) is 13.6. The van der Waals surface area contributed by atoms with E-state index in [9.17, 15) is 22.7 Å². The van der Waals surface area contributed by atoms with Gasteiger partial charge in [-0.05, 0) is 47.7 Å². The Bertz CT molecular complexity index is 1220. The third-order valence-electron chi connectivity index (χ3n) is 4.59. The van der Waals surface area contributed by atoms with Gasteiger partial charge in [-0.2, -0.15) is 0 Å². The van der Waals surface area contributed by atoms with Gasteiger partial charge >= 0.3 is 5.97 Å². The highest BCUT2D eigenvalue weighted by Gasteiger charge is 2.19. The molecule has 0 fully saturated rings. The number of aliphatic carboxylic acids is 1. The van der Waals surface area contributed by atoms with Crippen LogP contribution in [0.4, 0.5) is 4.39 Å². The zero-order chi connectivity index (χ0) is 21.3. The highest BCUT2D eigenvalue weighted by Crippen LogP contribution is 2.38. The normalized spacial score (nSPS) is 11.6. The van der Waals surface area contributed by atoms with Gasteiger partial charge in [0.05, 0.1) is 22.1 Å². The molecular weight excluding hydrogens is 419 g/mol. The summed E-state index contributed by atoms with van der Waals surface area (Å²) in [5, 5.41) is 10.3. The molecule has 8 heteroatoms. The van der Waals surface area contributed by atoms with E-state index in [2.05, 4.69) is 0 Å². The number of carboxylic acids is 1. The van der Waals surface area contributed by atoms with Crippen molar-refractivity contribution in [2.45, 2.75) is 25.2 Å². The van der Waals surface area contributed by atoms with Crippen LogP contribution < -0.4 is 4.74 Å². The van der Waals surface area contributed by atoms with Crippen molar-refractivity contribution in [3.63, 3.8) is 0 Å². The highest BCUT2D eigenvalue weighted by molar-refractivity contribution is 7.91. The van der Waals surface area contributed by atoms with Gasteiger partial charge in [-0.1, -0.05) is 30.7 Å². The lowest BCUT2D eigenvalue weighted by Crippen LogP contribution is -2.05. The maximum atomic E-state index is 13.8. The summed E-state index contributed by atoms with van der Waals surface area (Å²) in [6, 6.07) is 10.0. The summed E-state index contributed by atoms with van der Waals surface area (Å²) < 4.78 is 44.0. The Kier molecular flexibility index (Phi) is 5.82. The van der Waals surface area contributed by atoms with E-state index in [0.717, 1.165) is 0 Å². The summed E-state index contributed by atoms with van der Waals surface area (Å²) in [4.78, 5) is 11.2. The number of hydrogen-bond acceptors (Lipinski definition) is 4. The molecule has 0 aromatic heterocycles. The molecule has 3 aromatic rings. The van der Waals surface area contributed by atoms with E-state index in [4.69, 9.17) is 16.3 Å². The molecular formula is C21H18ClFO5S. The van der Waals surface area contributed by atoms with Crippen LogP contribution in [0.3, 0.4) is 0 Å². The van der Waals surface area contributed by atoms with Crippen molar-refractivity contribution in [2.75, 3.05) is 5.75 Å². The van der Waals surface area contributed by atoms with Crippen molar-refractivity contribution in [1.29, 1.82) is 0 Å². The summed E-state index contributed by atoms with van der Waals surface area (Å²) in [7, 11) is -3.49. The maximum absolute atomic E-state index is 13.8. The largest absolute Gasteiger partial charge is 0.481 e. The Labute approximate surface area is 172 Å². The topological polar surface area (TPSA) is 80.7 Å². The number of fused-ring (bicyclic) bond motifs is 1. The molecule has 0 aliphatic heterocycles. The predicted octanol–water partition coefficient (Wildman–Crippen LogP) is 5.15. The third-order valence-corrected chi connectivity index (χ3v) is 6.80. The van der Waals surface area contributed by atoms with Crippen molar-refractivity contribution < 1.29 is 27.4 Å². The van der Waals surface area contributed by atoms with Gasteiger partial charge in [0.25, 0.3) is 0 Å². The molecule has 0 spiro atoms. The summed E-state index contributed by atoms with van der Waals surface area (Å²) in [5.74, 6) is -1.01. The second kappa shape index (κ2) is 8.00. The van der Waals surface area contributed by atoms with Gasteiger partial charge in [-0.15, -0.1) is 0 Å². The fourth-order valence-electron chi connectivity index (χ4n) is 3.04. The van der Waals surface area contributed by atoms with Crippen LogP contribution in [0.25, 0.3) is 10.8 Å². The standard InChI is InChI=1S/C21H18ClFO5S/c1-3-29(26,27)19-7-6-16(11-18(19)22)28-21-12(2)14(9-20(24)25)8-13-4-5-15(23)10-17(13)21/h4-8,10-11H,3,9H2,1-2H3,(H,24,25). The van der Waals surface area contributed by atoms with Crippen LogP contribution in [0.1, 0.15) is 18.1 Å². The van der Waals surface area contributed by atoms with Gasteiger partial charge in [0.1, 0.15) is 17.3 Å². The summed E-state index contributed by atoms with van der Waals surface area (Å²) in [6.07, 6.45) is -0.218. The van der Waals surface area contributed by atoms with Gasteiger partial charge < -0.3 is 9.84 Å². The van der Waals surface area contributed by atoms with E-state index in [1.807, 2.05) is 0 Å². The molecule has 29 heavy (non-hydrogen) atoms. The highest BCUT2D eigenvalue weighted by atomic mass is 35.5. The van der Waals surface area contributed by atoms with Gasteiger partial charge in [-0.25, -0.2) is 12.8 Å². The fraction of sp³-hybridized carbons (Fsp3) is 0.190. The molecule has 152 valence electrons. The Hall–Kier alpha value is -2.64. The number of carbonyl (C=O) groups is 1. The lowest BCUT2D eigenvalue weighted by Gasteiger charge is -2.16. The van der Waals surface area contributed by atoms with Crippen molar-refractivity contribution in [1.82, 2.24) is 0 Å². The van der Waals surface area contributed by atoms with E-state index in [0.29, 0.717) is 27.6 Å². The molecule has 0 radical (unpaired) electrons. The van der Waals surface area contributed by atoms with Crippen molar-refractivity contribution in [3.05, 3.63) is 64.4 Å². The number of sulfone groups is 1. The number of rotatable bonds is 6. The Balaban J connectivity index is 2.14. The summed E-state index contributed by atoms with van der Waals surface area (Å²) in [6.45, 7) is 3.21. The van der Waals surface area contributed by atoms with Crippen LogP contribution in [0.2, 0.25) is 5.02 Å². The Morgan fingerprint density at radius 1 is 1.17 bits per heavy atom. The number of benzene rings is 3. The third kappa shape index (κ3) is 4.36. The van der Waals surface area contributed by atoms with E-state index < -0.39 is 21.6 Å². The molecule has 0 saturated carbocycles. The number of hydrogen-bond donors (Lipinski definition) is 1. The number of carboxylic acid groups (broad SMARTS) is 1. The van der Waals surface area contributed by atoms with Crippen molar-refractivity contribution >= 4 is 38.2 Å². The smallest absolute Gasteiger partial charge is 0.307 e. The lowest BCUT2D eigenvalue weighted by molar-refractivity contribution is -0.136. The summed E-state index contributed by atoms with van der Waals surface area (Å²) in [5.41, 5.74) is 1.08. The molecule has 0 saturated heterocycles. The molecule has 3 aromatic carbocycles. The van der Waals surface area contributed by atoms with Crippen molar-refractivity contribution in [3.8, 4) is 11.5 Å². The second-order valence-electron chi connectivity index (χ2n) is 6.52. The van der Waals surface area contributed by atoms with Gasteiger partial charge in [0, 0.05) is 11.5 Å². The SMILES string of the molecule is CCS(=O)(=O)c1ccc(Oc2c(C)c(CC(=O)O)cc3ccc(F)cc23)cc1Cl. The predicted molar refractivity (Wildman–Crippen MR) is 109 cm³/mol. The first-order valence-corrected chi connectivity index (χ1v) is 10.8. The molecule has 5 nitrogen and oxygen atoms in total. The minimum atomic E-state index is -3.49. The maximum Gasteiger partial charge on any atom is 0.307 e. The van der Waals surface area contributed by atoms with Gasteiger partial charge in [0.15, 0.2) is 9.84 Å². The van der Waals surface area contributed by atoms with E-state index in [1.54, 1.807) is 19.1 Å². The van der Waals surface area contributed by atoms with Crippen LogP contribution in [-0.4, -0.2) is 25.2 Å². The van der Waals surface area contributed by atoms with Crippen molar-refractivity contribution in [2.24, 2.45) is 0 Å². The van der Waals surface area contributed by atoms with E-state index in [1.165, 1.54) is 37.3 Å². The molecule has 0 unspecified atom stereocenters. The van der Waals surface area contributed by atoms with Crippen LogP contribution >= 0.6 is 11.6 Å². The first kappa shape index (κ1) is 21.1. The second-order valence-corrected chi connectivity index (χ2v) is 9.18. The van der Waals surface area contributed by atoms with Crippen LogP contribution in [-0.2, 0) is 21.1 Å². The molecule has 3 rings (SSSR count). The minimum Gasteiger partial charge on any atom is -0.481 e. The molecule has 1 N–H and O–H groups in total. The zero-order valence-corrected chi connectivity index (χ0v) is 17.3. The van der Waals surface area contributed by atoms with Crippen LogP contribution in [0.15, 0.2) is 47.4 Å². The summed E-state index contributed by atoms with van der Waals surface area (Å²) >= 11 is 6.15. The van der Waals surface area contributed by atoms with Crippen LogP contribution in [0.5, 0.6) is 11.5 Å². The average molecular weight is 437 g/mol. The average Bonchev–Trinajstić information content (AvgIpc) is 2.65. The lowest BCUT2D eigenvalue weighted by atomic mass is 9.98. The van der Waals surface area contributed by atoms with E-state index >= 15 is 0 Å². The number of halogens is 2. The minimum absolute atomic E-state index is 0.00118. The fourth-order valence-corrected chi connectivity index (χ4v) is 4.51. The quantitative estimate of drug-likeness (QED) is 0.577. The Morgan fingerprint density at radius 2 is 1.90 bits per heavy atom. The molecule has 0 bridgehead atoms. The number of ether oxygens (including phenoxy) is 1. The molecule has 0 heterocycles. The van der Waals surface area contributed by atoms with E-state index in [-0.39, 0.29) is 27.8 Å². The Morgan fingerprint density at radius 3 is 2.52 bits per heavy atom. The first-order valence-electron chi connectivity index (χ1n) is 8.76. The zero-order valence-electron chi connectivity index (χ0n) is 15.7. The van der Waals surface area contributed by atoms with Crippen LogP contribution in [0, 0.1) is 12.7 Å². The molecule has 0 aliphatic rings.